The molecule has 0 bridgehead atoms. The lowest BCUT2D eigenvalue weighted by Crippen LogP contribution is -2.28. The third-order valence-corrected chi connectivity index (χ3v) is 4.33. The maximum Gasteiger partial charge on any atom is 0.223 e. The van der Waals surface area contributed by atoms with Crippen LogP contribution in [0.4, 0.5) is 4.39 Å². The van der Waals surface area contributed by atoms with E-state index >= 15 is 0 Å². The monoisotopic (exact) mass is 277 g/mol. The fourth-order valence-electron chi connectivity index (χ4n) is 3.13. The van der Waals surface area contributed by atoms with Gasteiger partial charge in [0.25, 0.3) is 0 Å². The van der Waals surface area contributed by atoms with Gasteiger partial charge in [-0.3, -0.25) is 9.18 Å². The standard InChI is InChI=1S/C17H24FNO/c1-13(8-9-18)10-15-11-17(20)19(12-15)14(2)16-6-4-3-5-7-16/h3-7,13-15H,8-12H2,1-2H3. The van der Waals surface area contributed by atoms with Crippen molar-refractivity contribution in [3.8, 4) is 0 Å². The second-order valence-electron chi connectivity index (χ2n) is 6.02. The smallest absolute Gasteiger partial charge is 0.223 e. The molecule has 20 heavy (non-hydrogen) atoms. The van der Waals surface area contributed by atoms with Crippen molar-refractivity contribution in [2.24, 2.45) is 11.8 Å². The molecule has 2 rings (SSSR count). The van der Waals surface area contributed by atoms with E-state index in [0.29, 0.717) is 24.7 Å². The van der Waals surface area contributed by atoms with Crippen LogP contribution in [0.5, 0.6) is 0 Å². The van der Waals surface area contributed by atoms with Gasteiger partial charge in [0, 0.05) is 13.0 Å². The number of amides is 1. The Kier molecular flexibility index (Phi) is 5.16. The summed E-state index contributed by atoms with van der Waals surface area (Å²) >= 11 is 0. The minimum atomic E-state index is -0.258. The summed E-state index contributed by atoms with van der Waals surface area (Å²) in [5.74, 6) is 0.985. The zero-order chi connectivity index (χ0) is 14.5. The quantitative estimate of drug-likeness (QED) is 0.770. The molecule has 0 radical (unpaired) electrons. The molecule has 1 saturated heterocycles. The van der Waals surface area contributed by atoms with Gasteiger partial charge in [0.05, 0.1) is 12.7 Å². The highest BCUT2D eigenvalue weighted by Crippen LogP contribution is 2.31. The summed E-state index contributed by atoms with van der Waals surface area (Å²) in [4.78, 5) is 14.2. The summed E-state index contributed by atoms with van der Waals surface area (Å²) < 4.78 is 12.3. The van der Waals surface area contributed by atoms with Crippen LogP contribution < -0.4 is 0 Å². The van der Waals surface area contributed by atoms with E-state index in [1.54, 1.807) is 0 Å². The average Bonchev–Trinajstić information content (AvgIpc) is 2.80. The fourth-order valence-corrected chi connectivity index (χ4v) is 3.13. The minimum Gasteiger partial charge on any atom is -0.336 e. The molecule has 0 saturated carbocycles. The predicted molar refractivity (Wildman–Crippen MR) is 79.1 cm³/mol. The highest BCUT2D eigenvalue weighted by Gasteiger charge is 2.33. The molecule has 3 unspecified atom stereocenters. The summed E-state index contributed by atoms with van der Waals surface area (Å²) in [5, 5.41) is 0. The number of halogens is 1. The first-order valence-electron chi connectivity index (χ1n) is 7.52. The Hall–Kier alpha value is -1.38. The highest BCUT2D eigenvalue weighted by atomic mass is 19.1. The first-order chi connectivity index (χ1) is 9.61. The third kappa shape index (κ3) is 3.59. The molecular formula is C17H24FNO. The molecule has 3 heteroatoms. The number of carbonyl (C=O) groups excluding carboxylic acids is 1. The topological polar surface area (TPSA) is 20.3 Å². The molecule has 0 spiro atoms. The number of hydrogen-bond donors (Lipinski definition) is 0. The maximum absolute atomic E-state index is 12.3. The van der Waals surface area contributed by atoms with Gasteiger partial charge in [0.15, 0.2) is 0 Å². The number of likely N-dealkylation sites (tertiary alicyclic amines) is 1. The molecule has 1 aromatic carbocycles. The van der Waals surface area contributed by atoms with E-state index in [1.807, 2.05) is 23.1 Å². The first kappa shape index (κ1) is 15.0. The summed E-state index contributed by atoms with van der Waals surface area (Å²) in [6.45, 7) is 4.71. The van der Waals surface area contributed by atoms with Crippen molar-refractivity contribution < 1.29 is 9.18 Å². The van der Waals surface area contributed by atoms with Crippen LogP contribution in [-0.4, -0.2) is 24.0 Å². The van der Waals surface area contributed by atoms with Crippen molar-refractivity contribution in [2.45, 2.75) is 39.2 Å². The van der Waals surface area contributed by atoms with E-state index < -0.39 is 0 Å². The summed E-state index contributed by atoms with van der Waals surface area (Å²) in [6, 6.07) is 10.3. The van der Waals surface area contributed by atoms with E-state index in [0.717, 1.165) is 13.0 Å². The van der Waals surface area contributed by atoms with Crippen LogP contribution in [0.3, 0.4) is 0 Å². The lowest BCUT2D eigenvalue weighted by atomic mass is 9.93. The molecule has 1 aliphatic heterocycles. The normalized spacial score (nSPS) is 22.1. The third-order valence-electron chi connectivity index (χ3n) is 4.33. The number of rotatable bonds is 6. The lowest BCUT2D eigenvalue weighted by Gasteiger charge is -2.25. The van der Waals surface area contributed by atoms with Crippen LogP contribution in [0.15, 0.2) is 30.3 Å². The van der Waals surface area contributed by atoms with Crippen LogP contribution in [0, 0.1) is 11.8 Å². The van der Waals surface area contributed by atoms with Crippen molar-refractivity contribution in [1.82, 2.24) is 4.90 Å². The van der Waals surface area contributed by atoms with Gasteiger partial charge in [-0.1, -0.05) is 37.3 Å². The first-order valence-corrected chi connectivity index (χ1v) is 7.52. The van der Waals surface area contributed by atoms with E-state index in [9.17, 15) is 9.18 Å². The zero-order valence-electron chi connectivity index (χ0n) is 12.4. The second kappa shape index (κ2) is 6.87. The number of alkyl halides is 1. The molecule has 0 N–H and O–H groups in total. The van der Waals surface area contributed by atoms with Gasteiger partial charge in [0.1, 0.15) is 0 Å². The number of hydrogen-bond acceptors (Lipinski definition) is 1. The van der Waals surface area contributed by atoms with Crippen molar-refractivity contribution in [3.63, 3.8) is 0 Å². The molecule has 1 heterocycles. The van der Waals surface area contributed by atoms with Gasteiger partial charge >= 0.3 is 0 Å². The lowest BCUT2D eigenvalue weighted by molar-refractivity contribution is -0.129. The van der Waals surface area contributed by atoms with Gasteiger partial charge in [0.2, 0.25) is 5.91 Å². The second-order valence-corrected chi connectivity index (χ2v) is 6.02. The maximum atomic E-state index is 12.3. The van der Waals surface area contributed by atoms with Crippen molar-refractivity contribution in [3.05, 3.63) is 35.9 Å². The van der Waals surface area contributed by atoms with E-state index in [-0.39, 0.29) is 18.6 Å². The molecule has 110 valence electrons. The Morgan fingerprint density at radius 1 is 1.30 bits per heavy atom. The number of benzene rings is 1. The molecule has 0 aromatic heterocycles. The van der Waals surface area contributed by atoms with Gasteiger partial charge in [-0.2, -0.15) is 0 Å². The van der Waals surface area contributed by atoms with Crippen LogP contribution in [0.1, 0.15) is 44.7 Å². The summed E-state index contributed by atoms with van der Waals surface area (Å²) in [5.41, 5.74) is 1.18. The molecule has 1 amide bonds. The van der Waals surface area contributed by atoms with Gasteiger partial charge in [-0.05, 0) is 37.2 Å². The van der Waals surface area contributed by atoms with E-state index in [1.165, 1.54) is 5.56 Å². The van der Waals surface area contributed by atoms with Crippen molar-refractivity contribution >= 4 is 5.91 Å². The molecule has 1 aliphatic rings. The van der Waals surface area contributed by atoms with E-state index in [4.69, 9.17) is 0 Å². The largest absolute Gasteiger partial charge is 0.336 e. The van der Waals surface area contributed by atoms with Crippen LogP contribution in [0.25, 0.3) is 0 Å². The van der Waals surface area contributed by atoms with E-state index in [2.05, 4.69) is 26.0 Å². The van der Waals surface area contributed by atoms with Gasteiger partial charge in [-0.25, -0.2) is 0 Å². The molecule has 2 nitrogen and oxygen atoms in total. The molecule has 0 aliphatic carbocycles. The fraction of sp³-hybridized carbons (Fsp3) is 0.588. The zero-order valence-corrected chi connectivity index (χ0v) is 12.4. The van der Waals surface area contributed by atoms with Gasteiger partial charge < -0.3 is 4.90 Å². The average molecular weight is 277 g/mol. The Morgan fingerprint density at radius 2 is 2.00 bits per heavy atom. The van der Waals surface area contributed by atoms with Crippen LogP contribution in [0.2, 0.25) is 0 Å². The molecule has 1 fully saturated rings. The van der Waals surface area contributed by atoms with Crippen LogP contribution in [-0.2, 0) is 4.79 Å². The number of carbonyl (C=O) groups is 1. The van der Waals surface area contributed by atoms with Crippen molar-refractivity contribution in [2.75, 3.05) is 13.2 Å². The Bertz CT molecular complexity index is 434. The molecular weight excluding hydrogens is 253 g/mol. The molecule has 3 atom stereocenters. The van der Waals surface area contributed by atoms with Gasteiger partial charge in [-0.15, -0.1) is 0 Å². The summed E-state index contributed by atoms with van der Waals surface area (Å²) in [7, 11) is 0. The molecule has 1 aromatic rings. The summed E-state index contributed by atoms with van der Waals surface area (Å²) in [6.07, 6.45) is 2.18. The highest BCUT2D eigenvalue weighted by molar-refractivity contribution is 5.79. The van der Waals surface area contributed by atoms with Crippen LogP contribution >= 0.6 is 0 Å². The Balaban J connectivity index is 1.95. The predicted octanol–water partition coefficient (Wildman–Crippen LogP) is 3.98. The number of nitrogens with zero attached hydrogens (tertiary/aromatic N) is 1. The van der Waals surface area contributed by atoms with Crippen molar-refractivity contribution in [1.29, 1.82) is 0 Å². The minimum absolute atomic E-state index is 0.130. The SMILES string of the molecule is CC(CCF)CC1CC(=O)N(C(C)c2ccccc2)C1. The Labute approximate surface area is 121 Å². The Morgan fingerprint density at radius 3 is 2.65 bits per heavy atom.